The van der Waals surface area contributed by atoms with E-state index < -0.39 is 0 Å². The standard InChI is InChI=1S/C15H26N4/c1-4-15-11(10-18(2)17-15)9-16-12-7-13-5-6-14(8-12)19(13)3/h10,12-14,16H,4-9H2,1-3H3. The van der Waals surface area contributed by atoms with Crippen LogP contribution in [0, 0.1) is 0 Å². The molecule has 2 saturated heterocycles. The van der Waals surface area contributed by atoms with E-state index in [1.54, 1.807) is 0 Å². The van der Waals surface area contributed by atoms with Crippen molar-refractivity contribution in [2.75, 3.05) is 7.05 Å². The number of rotatable bonds is 4. The van der Waals surface area contributed by atoms with Crippen LogP contribution in [0.3, 0.4) is 0 Å². The molecule has 0 aromatic carbocycles. The Morgan fingerprint density at radius 3 is 2.58 bits per heavy atom. The van der Waals surface area contributed by atoms with Gasteiger partial charge in [-0.05, 0) is 39.2 Å². The summed E-state index contributed by atoms with van der Waals surface area (Å²) >= 11 is 0. The Balaban J connectivity index is 1.58. The molecule has 2 aliphatic heterocycles. The molecular formula is C15H26N4. The van der Waals surface area contributed by atoms with Crippen molar-refractivity contribution < 1.29 is 0 Å². The highest BCUT2D eigenvalue weighted by Crippen LogP contribution is 2.34. The average molecular weight is 262 g/mol. The highest BCUT2D eigenvalue weighted by atomic mass is 15.3. The fourth-order valence-corrected chi connectivity index (χ4v) is 3.86. The quantitative estimate of drug-likeness (QED) is 0.896. The number of piperidine rings is 1. The molecule has 2 bridgehead atoms. The Morgan fingerprint density at radius 1 is 1.26 bits per heavy atom. The molecule has 0 radical (unpaired) electrons. The summed E-state index contributed by atoms with van der Waals surface area (Å²) in [6, 6.07) is 2.32. The fourth-order valence-electron chi connectivity index (χ4n) is 3.86. The van der Waals surface area contributed by atoms with E-state index in [-0.39, 0.29) is 0 Å². The lowest BCUT2D eigenvalue weighted by Gasteiger charge is -2.36. The molecule has 1 aromatic heterocycles. The first-order valence-corrected chi connectivity index (χ1v) is 7.64. The van der Waals surface area contributed by atoms with E-state index in [4.69, 9.17) is 0 Å². The first-order chi connectivity index (χ1) is 9.17. The number of nitrogens with zero attached hydrogens (tertiary/aromatic N) is 3. The summed E-state index contributed by atoms with van der Waals surface area (Å²) in [5.74, 6) is 0. The zero-order chi connectivity index (χ0) is 13.4. The van der Waals surface area contributed by atoms with Crippen LogP contribution in [0.15, 0.2) is 6.20 Å². The molecule has 4 heteroatoms. The molecule has 3 rings (SSSR count). The van der Waals surface area contributed by atoms with Gasteiger partial charge in [0.1, 0.15) is 0 Å². The normalized spacial score (nSPS) is 31.0. The molecule has 1 N–H and O–H groups in total. The summed E-state index contributed by atoms with van der Waals surface area (Å²) in [7, 11) is 4.31. The van der Waals surface area contributed by atoms with Crippen molar-refractivity contribution in [2.24, 2.45) is 7.05 Å². The predicted octanol–water partition coefficient (Wildman–Crippen LogP) is 1.70. The second-order valence-electron chi connectivity index (χ2n) is 6.23. The molecule has 3 heterocycles. The molecule has 0 amide bonds. The van der Waals surface area contributed by atoms with Gasteiger partial charge < -0.3 is 10.2 Å². The average Bonchev–Trinajstić information content (AvgIpc) is 2.83. The molecule has 0 aliphatic carbocycles. The molecule has 106 valence electrons. The summed E-state index contributed by atoms with van der Waals surface area (Å²) < 4.78 is 1.94. The molecule has 0 spiro atoms. The maximum atomic E-state index is 4.52. The molecule has 4 nitrogen and oxygen atoms in total. The van der Waals surface area contributed by atoms with Crippen LogP contribution in [0.4, 0.5) is 0 Å². The van der Waals surface area contributed by atoms with Crippen LogP contribution in [0.1, 0.15) is 43.9 Å². The van der Waals surface area contributed by atoms with Crippen molar-refractivity contribution in [1.82, 2.24) is 20.0 Å². The van der Waals surface area contributed by atoms with Crippen molar-refractivity contribution in [1.29, 1.82) is 0 Å². The van der Waals surface area contributed by atoms with Crippen molar-refractivity contribution >= 4 is 0 Å². The summed E-state index contributed by atoms with van der Waals surface area (Å²) in [5.41, 5.74) is 2.61. The van der Waals surface area contributed by atoms with Gasteiger partial charge in [0.2, 0.25) is 0 Å². The van der Waals surface area contributed by atoms with E-state index in [0.717, 1.165) is 25.0 Å². The molecule has 2 aliphatic rings. The van der Waals surface area contributed by atoms with Crippen LogP contribution in [-0.2, 0) is 20.0 Å². The Bertz CT molecular complexity index is 425. The third kappa shape index (κ3) is 2.56. The first-order valence-electron chi connectivity index (χ1n) is 7.64. The smallest absolute Gasteiger partial charge is 0.0666 e. The first kappa shape index (κ1) is 13.1. The van der Waals surface area contributed by atoms with Gasteiger partial charge in [-0.3, -0.25) is 4.68 Å². The zero-order valence-electron chi connectivity index (χ0n) is 12.4. The Kier molecular flexibility index (Phi) is 3.63. The van der Waals surface area contributed by atoms with Gasteiger partial charge in [-0.2, -0.15) is 5.10 Å². The highest BCUT2D eigenvalue weighted by Gasteiger charge is 2.38. The van der Waals surface area contributed by atoms with Gasteiger partial charge in [-0.1, -0.05) is 6.92 Å². The second-order valence-corrected chi connectivity index (χ2v) is 6.23. The monoisotopic (exact) mass is 262 g/mol. The number of hydrogen-bond acceptors (Lipinski definition) is 3. The second kappa shape index (κ2) is 5.25. The SMILES string of the molecule is CCc1nn(C)cc1CNC1CC2CCC(C1)N2C. The van der Waals surface area contributed by atoms with Crippen molar-refractivity contribution in [3.63, 3.8) is 0 Å². The van der Waals surface area contributed by atoms with Crippen molar-refractivity contribution in [3.8, 4) is 0 Å². The van der Waals surface area contributed by atoms with E-state index in [1.165, 1.54) is 36.9 Å². The molecule has 0 saturated carbocycles. The summed E-state index contributed by atoms with van der Waals surface area (Å²) in [6.45, 7) is 3.16. The van der Waals surface area contributed by atoms with Crippen LogP contribution in [-0.4, -0.2) is 39.9 Å². The van der Waals surface area contributed by atoms with E-state index >= 15 is 0 Å². The number of aromatic nitrogens is 2. The Hall–Kier alpha value is -0.870. The number of hydrogen-bond donors (Lipinski definition) is 1. The van der Waals surface area contributed by atoms with Crippen molar-refractivity contribution in [3.05, 3.63) is 17.5 Å². The van der Waals surface area contributed by atoms with E-state index in [1.807, 2.05) is 11.7 Å². The Morgan fingerprint density at radius 2 is 1.95 bits per heavy atom. The van der Waals surface area contributed by atoms with Crippen molar-refractivity contribution in [2.45, 2.75) is 63.7 Å². The fraction of sp³-hybridized carbons (Fsp3) is 0.800. The van der Waals surface area contributed by atoms with E-state index in [0.29, 0.717) is 6.04 Å². The Labute approximate surface area is 116 Å². The van der Waals surface area contributed by atoms with Crippen LogP contribution < -0.4 is 5.32 Å². The van der Waals surface area contributed by atoms with Gasteiger partial charge in [0, 0.05) is 43.5 Å². The topological polar surface area (TPSA) is 33.1 Å². The predicted molar refractivity (Wildman–Crippen MR) is 77.0 cm³/mol. The van der Waals surface area contributed by atoms with E-state index in [9.17, 15) is 0 Å². The minimum atomic E-state index is 0.693. The van der Waals surface area contributed by atoms with Gasteiger partial charge in [-0.15, -0.1) is 0 Å². The third-order valence-corrected chi connectivity index (χ3v) is 5.01. The third-order valence-electron chi connectivity index (χ3n) is 5.01. The van der Waals surface area contributed by atoms with Gasteiger partial charge in [0.15, 0.2) is 0 Å². The van der Waals surface area contributed by atoms with Gasteiger partial charge in [0.05, 0.1) is 5.69 Å². The lowest BCUT2D eigenvalue weighted by Crippen LogP contribution is -2.47. The molecule has 2 unspecified atom stereocenters. The van der Waals surface area contributed by atoms with Gasteiger partial charge >= 0.3 is 0 Å². The molecular weight excluding hydrogens is 236 g/mol. The number of aryl methyl sites for hydroxylation is 2. The molecule has 1 aromatic rings. The highest BCUT2D eigenvalue weighted by molar-refractivity contribution is 5.17. The number of nitrogens with one attached hydrogen (secondary N) is 1. The minimum absolute atomic E-state index is 0.693. The summed E-state index contributed by atoms with van der Waals surface area (Å²) in [5, 5.41) is 8.28. The van der Waals surface area contributed by atoms with Crippen LogP contribution >= 0.6 is 0 Å². The molecule has 2 atom stereocenters. The van der Waals surface area contributed by atoms with Gasteiger partial charge in [0.25, 0.3) is 0 Å². The minimum Gasteiger partial charge on any atom is -0.310 e. The van der Waals surface area contributed by atoms with Crippen LogP contribution in [0.25, 0.3) is 0 Å². The molecule has 2 fully saturated rings. The number of fused-ring (bicyclic) bond motifs is 2. The lowest BCUT2D eigenvalue weighted by atomic mass is 9.98. The van der Waals surface area contributed by atoms with Gasteiger partial charge in [-0.25, -0.2) is 0 Å². The summed E-state index contributed by atoms with van der Waals surface area (Å²) in [6.07, 6.45) is 8.61. The maximum Gasteiger partial charge on any atom is 0.0666 e. The maximum absolute atomic E-state index is 4.52. The van der Waals surface area contributed by atoms with Crippen LogP contribution in [0.2, 0.25) is 0 Å². The lowest BCUT2D eigenvalue weighted by molar-refractivity contribution is 0.148. The van der Waals surface area contributed by atoms with E-state index in [2.05, 4.69) is 35.5 Å². The molecule has 19 heavy (non-hydrogen) atoms. The van der Waals surface area contributed by atoms with Crippen LogP contribution in [0.5, 0.6) is 0 Å². The summed E-state index contributed by atoms with van der Waals surface area (Å²) in [4.78, 5) is 2.60. The largest absolute Gasteiger partial charge is 0.310 e. The zero-order valence-corrected chi connectivity index (χ0v) is 12.4.